The van der Waals surface area contributed by atoms with E-state index in [1.807, 2.05) is 13.8 Å². The van der Waals surface area contributed by atoms with Crippen molar-refractivity contribution in [2.45, 2.75) is 226 Å². The largest absolute Gasteiger partial charge is 0.311 e. The van der Waals surface area contributed by atoms with Gasteiger partial charge in [-0.25, -0.2) is 0 Å². The van der Waals surface area contributed by atoms with E-state index in [1.54, 1.807) is 11.1 Å². The number of benzene rings is 5. The summed E-state index contributed by atoms with van der Waals surface area (Å²) in [6.07, 6.45) is 9.61. The zero-order valence-corrected chi connectivity index (χ0v) is 46.1. The summed E-state index contributed by atoms with van der Waals surface area (Å²) >= 11 is 0. The first-order chi connectivity index (χ1) is 31.5. The van der Waals surface area contributed by atoms with Crippen molar-refractivity contribution < 1.29 is 0 Å². The summed E-state index contributed by atoms with van der Waals surface area (Å²) in [6.45, 7) is 46.3. The Labute approximate surface area is 414 Å². The quantitative estimate of drug-likeness (QED) is 0.160. The number of nitrogens with zero attached hydrogens (tertiary/aromatic N) is 2. The van der Waals surface area contributed by atoms with Crippen molar-refractivity contribution in [2.24, 2.45) is 0 Å². The summed E-state index contributed by atoms with van der Waals surface area (Å²) < 4.78 is 0. The molecule has 0 saturated heterocycles. The third-order valence-corrected chi connectivity index (χ3v) is 19.3. The van der Waals surface area contributed by atoms with Gasteiger partial charge in [0.1, 0.15) is 0 Å². The van der Waals surface area contributed by atoms with E-state index in [9.17, 15) is 0 Å². The van der Waals surface area contributed by atoms with Crippen LogP contribution in [0.3, 0.4) is 0 Å². The highest BCUT2D eigenvalue weighted by molar-refractivity contribution is 7.00. The van der Waals surface area contributed by atoms with Crippen LogP contribution in [0.4, 0.5) is 34.1 Å². The summed E-state index contributed by atoms with van der Waals surface area (Å²) in [5.74, 6) is 0. The highest BCUT2D eigenvalue weighted by Crippen LogP contribution is 2.55. The predicted molar refractivity (Wildman–Crippen MR) is 298 cm³/mol. The minimum atomic E-state index is 0.0796. The van der Waals surface area contributed by atoms with E-state index in [4.69, 9.17) is 0 Å². The normalized spacial score (nSPS) is 22.7. The van der Waals surface area contributed by atoms with Gasteiger partial charge in [-0.2, -0.15) is 0 Å². The molecule has 0 spiro atoms. The zero-order chi connectivity index (χ0) is 49.3. The number of anilines is 6. The summed E-state index contributed by atoms with van der Waals surface area (Å²) in [7, 11) is 0. The summed E-state index contributed by atoms with van der Waals surface area (Å²) in [4.78, 5) is 5.47. The molecular weight excluding hydrogens is 820 g/mol. The molecule has 358 valence electrons. The fourth-order valence-electron chi connectivity index (χ4n) is 14.2. The van der Waals surface area contributed by atoms with Gasteiger partial charge in [-0.05, 0) is 217 Å². The van der Waals surface area contributed by atoms with E-state index >= 15 is 0 Å². The van der Waals surface area contributed by atoms with Gasteiger partial charge in [-0.3, -0.25) is 0 Å². The first kappa shape index (κ1) is 47.4. The van der Waals surface area contributed by atoms with E-state index in [-0.39, 0.29) is 50.0 Å². The molecule has 2 aliphatic heterocycles. The molecule has 6 aliphatic rings. The van der Waals surface area contributed by atoms with Crippen LogP contribution in [0, 0.1) is 6.92 Å². The average molecular weight is 905 g/mol. The standard InChI is InChI=1S/C63H79BN2.C2H6/c1-38-30-53-55-54(31-38)66(40-19-21-42-44(33-40)59(8,9)25-23-57(42,4)5)52-37-48-46(61(12,13)27-29-63(48,16)17)35-50(52)64(55)49-34-45-47(62(14,15)28-26-60(45,10)11)36-51(49)65(53)39-18-20-41-43(32-39)58(6,7)24-22-56(41,2)3;1-2/h18-21,30-37H,22-29H2,1-17H3;1-2H3. The van der Waals surface area contributed by atoms with Crippen molar-refractivity contribution in [3.05, 3.63) is 123 Å². The molecule has 4 aliphatic carbocycles. The van der Waals surface area contributed by atoms with E-state index in [2.05, 4.69) is 200 Å². The van der Waals surface area contributed by atoms with Crippen LogP contribution < -0.4 is 26.2 Å². The molecule has 0 amide bonds. The maximum absolute atomic E-state index is 2.74. The first-order valence-corrected chi connectivity index (χ1v) is 27.0. The van der Waals surface area contributed by atoms with Gasteiger partial charge in [0.05, 0.1) is 0 Å². The van der Waals surface area contributed by atoms with Gasteiger partial charge >= 0.3 is 0 Å². The lowest BCUT2D eigenvalue weighted by molar-refractivity contribution is 0.332. The maximum Gasteiger partial charge on any atom is 0.252 e. The molecule has 0 saturated carbocycles. The Bertz CT molecular complexity index is 2720. The molecule has 0 atom stereocenters. The molecule has 5 aromatic carbocycles. The topological polar surface area (TPSA) is 6.48 Å². The third kappa shape index (κ3) is 6.90. The van der Waals surface area contributed by atoms with Crippen LogP contribution in [0.25, 0.3) is 0 Å². The molecule has 2 heterocycles. The average Bonchev–Trinajstić information content (AvgIpc) is 3.27. The summed E-state index contributed by atoms with van der Waals surface area (Å²) in [6, 6.07) is 31.2. The lowest BCUT2D eigenvalue weighted by Gasteiger charge is -2.49. The molecule has 3 heteroatoms. The Morgan fingerprint density at radius 1 is 0.324 bits per heavy atom. The second-order valence-corrected chi connectivity index (χ2v) is 27.8. The lowest BCUT2D eigenvalue weighted by atomic mass is 9.32. The lowest BCUT2D eigenvalue weighted by Crippen LogP contribution is -2.62. The summed E-state index contributed by atoms with van der Waals surface area (Å²) in [5, 5.41) is 0. The first-order valence-electron chi connectivity index (χ1n) is 27.0. The molecule has 0 radical (unpaired) electrons. The molecule has 5 aromatic rings. The van der Waals surface area contributed by atoms with Crippen molar-refractivity contribution in [3.63, 3.8) is 0 Å². The van der Waals surface area contributed by atoms with Crippen LogP contribution in [0.5, 0.6) is 0 Å². The van der Waals surface area contributed by atoms with Crippen molar-refractivity contribution in [1.29, 1.82) is 0 Å². The van der Waals surface area contributed by atoms with Gasteiger partial charge in [0.15, 0.2) is 0 Å². The van der Waals surface area contributed by atoms with Crippen LogP contribution in [-0.2, 0) is 43.3 Å². The number of aryl methyl sites for hydroxylation is 1. The Morgan fingerprint density at radius 3 is 0.897 bits per heavy atom. The molecule has 0 unspecified atom stereocenters. The SMILES string of the molecule is CC.Cc1cc2c3c(c1)N(c1ccc4c(c1)C(C)(C)CCC4(C)C)c1cc4c(cc1B3c1cc3c(cc1N2c1ccc2c(c1)C(C)(C)CCC2(C)C)C(C)(C)CCC3(C)C)C(C)(C)CCC4(C)C. The van der Waals surface area contributed by atoms with Crippen molar-refractivity contribution in [3.8, 4) is 0 Å². The van der Waals surface area contributed by atoms with Crippen molar-refractivity contribution in [1.82, 2.24) is 0 Å². The fraction of sp³-hybridized carbons (Fsp3) is 0.538. The van der Waals surface area contributed by atoms with Crippen LogP contribution in [0.15, 0.2) is 72.8 Å². The van der Waals surface area contributed by atoms with Gasteiger partial charge in [0.2, 0.25) is 0 Å². The van der Waals surface area contributed by atoms with Crippen LogP contribution in [0.2, 0.25) is 0 Å². The Kier molecular flexibility index (Phi) is 10.4. The van der Waals surface area contributed by atoms with Crippen LogP contribution >= 0.6 is 0 Å². The van der Waals surface area contributed by atoms with Gasteiger partial charge in [0, 0.05) is 34.1 Å². The molecule has 0 fully saturated rings. The Morgan fingerprint density at radius 2 is 0.588 bits per heavy atom. The fourth-order valence-corrected chi connectivity index (χ4v) is 14.2. The minimum Gasteiger partial charge on any atom is -0.311 e. The van der Waals surface area contributed by atoms with Crippen LogP contribution in [-0.4, -0.2) is 6.71 Å². The molecule has 11 rings (SSSR count). The smallest absolute Gasteiger partial charge is 0.252 e. The van der Waals surface area contributed by atoms with E-state index in [0.717, 1.165) is 0 Å². The zero-order valence-electron chi connectivity index (χ0n) is 46.1. The van der Waals surface area contributed by atoms with Gasteiger partial charge in [0.25, 0.3) is 6.71 Å². The number of rotatable bonds is 2. The van der Waals surface area contributed by atoms with E-state index in [1.165, 1.54) is 141 Å². The monoisotopic (exact) mass is 905 g/mol. The predicted octanol–water partition coefficient (Wildman–Crippen LogP) is 16.5. The summed E-state index contributed by atoms with van der Waals surface area (Å²) in [5.41, 5.74) is 26.8. The van der Waals surface area contributed by atoms with Gasteiger partial charge < -0.3 is 9.80 Å². The highest BCUT2D eigenvalue weighted by Gasteiger charge is 2.49. The third-order valence-electron chi connectivity index (χ3n) is 19.3. The molecular formula is C65H85BN2. The van der Waals surface area contributed by atoms with E-state index in [0.29, 0.717) is 0 Å². The highest BCUT2D eigenvalue weighted by atomic mass is 15.2. The Hall–Kier alpha value is -4.24. The molecule has 2 nitrogen and oxygen atoms in total. The molecule has 0 aromatic heterocycles. The number of hydrogen-bond acceptors (Lipinski definition) is 2. The van der Waals surface area contributed by atoms with Gasteiger partial charge in [-0.1, -0.05) is 149 Å². The van der Waals surface area contributed by atoms with Crippen molar-refractivity contribution >= 4 is 57.2 Å². The van der Waals surface area contributed by atoms with E-state index < -0.39 is 0 Å². The van der Waals surface area contributed by atoms with Gasteiger partial charge in [-0.15, -0.1) is 0 Å². The maximum atomic E-state index is 2.74. The minimum absolute atomic E-state index is 0.0796. The van der Waals surface area contributed by atoms with Crippen molar-refractivity contribution in [2.75, 3.05) is 9.80 Å². The second kappa shape index (κ2) is 14.9. The van der Waals surface area contributed by atoms with Crippen LogP contribution in [0.1, 0.15) is 226 Å². The number of fused-ring (bicyclic) bond motifs is 8. The number of hydrogen-bond donors (Lipinski definition) is 0. The Balaban J connectivity index is 0.00000266. The molecule has 0 bridgehead atoms. The molecule has 0 N–H and O–H groups in total. The molecule has 68 heavy (non-hydrogen) atoms. The second-order valence-electron chi connectivity index (χ2n) is 27.8.